The van der Waals surface area contributed by atoms with Crippen molar-refractivity contribution in [3.63, 3.8) is 0 Å². The quantitative estimate of drug-likeness (QED) is 0.761. The van der Waals surface area contributed by atoms with E-state index in [0.717, 1.165) is 9.87 Å². The zero-order valence-electron chi connectivity index (χ0n) is 18.6. The number of hydrogen-bond acceptors (Lipinski definition) is 5. The summed E-state index contributed by atoms with van der Waals surface area (Å²) in [5, 5.41) is 3.00. The molecular formula is C21H33N3O5S. The van der Waals surface area contributed by atoms with Crippen molar-refractivity contribution < 1.29 is 22.7 Å². The van der Waals surface area contributed by atoms with E-state index in [1.54, 1.807) is 29.2 Å². The molecule has 1 aliphatic rings. The van der Waals surface area contributed by atoms with E-state index in [1.807, 2.05) is 27.7 Å². The molecule has 1 saturated heterocycles. The van der Waals surface area contributed by atoms with Crippen LogP contribution in [-0.2, 0) is 19.6 Å². The van der Waals surface area contributed by atoms with Crippen molar-refractivity contribution in [1.82, 2.24) is 14.5 Å². The number of hydrogen-bond donors (Lipinski definition) is 1. The summed E-state index contributed by atoms with van der Waals surface area (Å²) < 4.78 is 30.9. The summed E-state index contributed by atoms with van der Waals surface area (Å²) in [7, 11) is -0.507. The predicted octanol–water partition coefficient (Wildman–Crippen LogP) is 2.76. The van der Waals surface area contributed by atoms with Crippen LogP contribution in [0.25, 0.3) is 0 Å². The molecule has 1 N–H and O–H groups in total. The molecule has 0 spiro atoms. The van der Waals surface area contributed by atoms with Crippen LogP contribution >= 0.6 is 0 Å². The van der Waals surface area contributed by atoms with Crippen molar-refractivity contribution in [2.75, 3.05) is 27.2 Å². The lowest BCUT2D eigenvalue weighted by Gasteiger charge is -2.33. The summed E-state index contributed by atoms with van der Waals surface area (Å²) in [5.74, 6) is -0.226. The zero-order valence-corrected chi connectivity index (χ0v) is 19.5. The lowest BCUT2D eigenvalue weighted by atomic mass is 9.95. The number of carbonyl (C=O) groups is 2. The molecule has 2 amide bonds. The van der Waals surface area contributed by atoms with Crippen molar-refractivity contribution >= 4 is 22.0 Å². The normalized spacial score (nSPS) is 17.0. The van der Waals surface area contributed by atoms with Crippen LogP contribution in [0.15, 0.2) is 29.2 Å². The van der Waals surface area contributed by atoms with Crippen molar-refractivity contribution in [2.24, 2.45) is 5.92 Å². The molecule has 0 saturated carbocycles. The molecule has 1 atom stereocenters. The van der Waals surface area contributed by atoms with Crippen molar-refractivity contribution in [3.8, 4) is 0 Å². The third kappa shape index (κ3) is 6.18. The largest absolute Gasteiger partial charge is 0.444 e. The summed E-state index contributed by atoms with van der Waals surface area (Å²) in [6.07, 6.45) is 0.817. The van der Waals surface area contributed by atoms with Crippen molar-refractivity contribution in [1.29, 1.82) is 0 Å². The van der Waals surface area contributed by atoms with Gasteiger partial charge < -0.3 is 15.0 Å². The van der Waals surface area contributed by atoms with Gasteiger partial charge in [0.05, 0.1) is 10.9 Å². The van der Waals surface area contributed by atoms with Gasteiger partial charge in [0.15, 0.2) is 0 Å². The smallest absolute Gasteiger partial charge is 0.410 e. The molecule has 30 heavy (non-hydrogen) atoms. The molecule has 168 valence electrons. The van der Waals surface area contributed by atoms with Gasteiger partial charge in [0.1, 0.15) is 5.60 Å². The van der Waals surface area contributed by atoms with Crippen molar-refractivity contribution in [3.05, 3.63) is 29.8 Å². The second kappa shape index (κ2) is 9.34. The maximum absolute atomic E-state index is 12.7. The average Bonchev–Trinajstić information content (AvgIpc) is 2.66. The Labute approximate surface area is 179 Å². The first kappa shape index (κ1) is 24.1. The SMILES string of the molecule is CC(NC(=O)C1CCN(C(=O)OC(C)(C)C)CC1)c1ccc(S(=O)(=O)N(C)C)cc1. The number of sulfonamides is 1. The molecular weight excluding hydrogens is 406 g/mol. The maximum Gasteiger partial charge on any atom is 0.410 e. The number of amides is 2. The standard InChI is InChI=1S/C21H33N3O5S/c1-15(16-7-9-18(10-8-16)30(27,28)23(5)6)22-19(25)17-11-13-24(14-12-17)20(26)29-21(2,3)4/h7-10,15,17H,11-14H2,1-6H3,(H,22,25). The minimum atomic E-state index is -3.48. The van der Waals surface area contributed by atoms with E-state index in [2.05, 4.69) is 5.32 Å². The van der Waals surface area contributed by atoms with Crippen molar-refractivity contribution in [2.45, 2.75) is 57.1 Å². The Balaban J connectivity index is 1.90. The summed E-state index contributed by atoms with van der Waals surface area (Å²) in [4.78, 5) is 26.7. The summed E-state index contributed by atoms with van der Waals surface area (Å²) in [6.45, 7) is 8.32. The number of likely N-dealkylation sites (tertiary alicyclic amines) is 1. The Morgan fingerprint density at radius 1 is 1.13 bits per heavy atom. The fraction of sp³-hybridized carbons (Fsp3) is 0.619. The second-order valence-electron chi connectivity index (χ2n) is 8.83. The first-order valence-corrected chi connectivity index (χ1v) is 11.6. The number of ether oxygens (including phenoxy) is 1. The van der Waals surface area contributed by atoms with Gasteiger partial charge in [-0.2, -0.15) is 0 Å². The monoisotopic (exact) mass is 439 g/mol. The molecule has 1 aromatic rings. The van der Waals surface area contributed by atoms with Gasteiger partial charge in [-0.15, -0.1) is 0 Å². The molecule has 8 nitrogen and oxygen atoms in total. The van der Waals surface area contributed by atoms with E-state index in [0.29, 0.717) is 25.9 Å². The Kier molecular flexibility index (Phi) is 7.52. The highest BCUT2D eigenvalue weighted by Crippen LogP contribution is 2.22. The van der Waals surface area contributed by atoms with E-state index in [1.165, 1.54) is 14.1 Å². The van der Waals surface area contributed by atoms with Gasteiger partial charge in [-0.25, -0.2) is 17.5 Å². The molecule has 1 fully saturated rings. The number of benzene rings is 1. The summed E-state index contributed by atoms with van der Waals surface area (Å²) in [6, 6.07) is 6.27. The van der Waals surface area contributed by atoms with Crippen LogP contribution in [0, 0.1) is 5.92 Å². The average molecular weight is 440 g/mol. The van der Waals surface area contributed by atoms with Gasteiger partial charge in [0.25, 0.3) is 0 Å². The van der Waals surface area contributed by atoms with Gasteiger partial charge >= 0.3 is 6.09 Å². The Bertz CT molecular complexity index is 852. The highest BCUT2D eigenvalue weighted by atomic mass is 32.2. The fourth-order valence-corrected chi connectivity index (χ4v) is 4.11. The Morgan fingerprint density at radius 2 is 1.67 bits per heavy atom. The van der Waals surface area contributed by atoms with Gasteiger partial charge in [0, 0.05) is 33.1 Å². The first-order valence-electron chi connectivity index (χ1n) is 10.1. The molecule has 1 aromatic carbocycles. The van der Waals surface area contributed by atoms with Crippen LogP contribution < -0.4 is 5.32 Å². The molecule has 2 rings (SSSR count). The molecule has 0 bridgehead atoms. The number of carbonyl (C=O) groups excluding carboxylic acids is 2. The van der Waals surface area contributed by atoms with E-state index in [9.17, 15) is 18.0 Å². The van der Waals surface area contributed by atoms with E-state index < -0.39 is 15.6 Å². The first-order chi connectivity index (χ1) is 13.8. The number of nitrogens with one attached hydrogen (secondary N) is 1. The Morgan fingerprint density at radius 3 is 2.13 bits per heavy atom. The summed E-state index contributed by atoms with van der Waals surface area (Å²) >= 11 is 0. The van der Waals surface area contributed by atoms with E-state index >= 15 is 0 Å². The predicted molar refractivity (Wildman–Crippen MR) is 114 cm³/mol. The number of nitrogens with zero attached hydrogens (tertiary/aromatic N) is 2. The lowest BCUT2D eigenvalue weighted by Crippen LogP contribution is -2.45. The molecule has 1 heterocycles. The molecule has 1 unspecified atom stereocenters. The fourth-order valence-electron chi connectivity index (χ4n) is 3.20. The van der Waals surface area contributed by atoms with E-state index in [-0.39, 0.29) is 28.9 Å². The highest BCUT2D eigenvalue weighted by Gasteiger charge is 2.30. The third-order valence-corrected chi connectivity index (χ3v) is 6.86. The molecule has 1 aliphatic heterocycles. The van der Waals surface area contributed by atoms with E-state index in [4.69, 9.17) is 4.74 Å². The third-order valence-electron chi connectivity index (χ3n) is 5.03. The van der Waals surface area contributed by atoms with Crippen LogP contribution in [0.2, 0.25) is 0 Å². The minimum Gasteiger partial charge on any atom is -0.444 e. The maximum atomic E-state index is 12.7. The molecule has 0 aliphatic carbocycles. The van der Waals surface area contributed by atoms with Crippen LogP contribution in [0.3, 0.4) is 0 Å². The number of rotatable bonds is 5. The minimum absolute atomic E-state index is 0.0590. The number of piperidine rings is 1. The molecule has 9 heteroatoms. The van der Waals surface area contributed by atoms with Gasteiger partial charge in [0.2, 0.25) is 15.9 Å². The Hall–Kier alpha value is -2.13. The van der Waals surface area contributed by atoms with Gasteiger partial charge in [-0.1, -0.05) is 12.1 Å². The van der Waals surface area contributed by atoms with Crippen LogP contribution in [-0.4, -0.2) is 62.4 Å². The van der Waals surface area contributed by atoms with Gasteiger partial charge in [-0.05, 0) is 58.2 Å². The topological polar surface area (TPSA) is 96.0 Å². The zero-order chi connectivity index (χ0) is 22.7. The second-order valence-corrected chi connectivity index (χ2v) is 11.0. The van der Waals surface area contributed by atoms with Gasteiger partial charge in [-0.3, -0.25) is 4.79 Å². The molecule has 0 radical (unpaired) electrons. The van der Waals surface area contributed by atoms with Crippen LogP contribution in [0.1, 0.15) is 52.1 Å². The highest BCUT2D eigenvalue weighted by molar-refractivity contribution is 7.89. The molecule has 0 aromatic heterocycles. The van der Waals surface area contributed by atoms with Crippen LogP contribution in [0.4, 0.5) is 4.79 Å². The summed E-state index contributed by atoms with van der Waals surface area (Å²) in [5.41, 5.74) is 0.287. The van der Waals surface area contributed by atoms with Crippen LogP contribution in [0.5, 0.6) is 0 Å². The lowest BCUT2D eigenvalue weighted by molar-refractivity contribution is -0.127.